The molecule has 0 bridgehead atoms. The van der Waals surface area contributed by atoms with Gasteiger partial charge in [-0.25, -0.2) is 4.98 Å². The number of ether oxygens (including phenoxy) is 1. The topological polar surface area (TPSA) is 107 Å². The van der Waals surface area contributed by atoms with Crippen LogP contribution in [-0.4, -0.2) is 41.2 Å². The lowest BCUT2D eigenvalue weighted by atomic mass is 9.95. The molecule has 0 saturated carbocycles. The molecular formula is C24H25N5O4. The lowest BCUT2D eigenvalue weighted by molar-refractivity contribution is -0.125. The third-order valence-electron chi connectivity index (χ3n) is 6.01. The minimum atomic E-state index is -0.0434. The van der Waals surface area contributed by atoms with E-state index in [-0.39, 0.29) is 11.8 Å². The van der Waals surface area contributed by atoms with Gasteiger partial charge in [0.2, 0.25) is 5.91 Å². The Bertz CT molecular complexity index is 1260. The standard InChI is InChI=1S/C24H25N5O4/c1-15-3-6-19(32-15)13-25-23(30)17-9-11-29(12-10-17)22-20-21(28-33-24(20)27-14-26-22)16-4-7-18(31-2)8-5-16/h3-8,14,17H,9-13H2,1-2H3,(H,25,30). The normalized spacial score (nSPS) is 14.5. The van der Waals surface area contributed by atoms with Crippen LogP contribution in [0.25, 0.3) is 22.4 Å². The highest BCUT2D eigenvalue weighted by Crippen LogP contribution is 2.35. The fourth-order valence-electron chi connectivity index (χ4n) is 4.21. The minimum Gasteiger partial charge on any atom is -0.497 e. The van der Waals surface area contributed by atoms with Gasteiger partial charge in [0.1, 0.15) is 40.5 Å². The highest BCUT2D eigenvalue weighted by Gasteiger charge is 2.28. The molecule has 0 aliphatic carbocycles. The first-order valence-electron chi connectivity index (χ1n) is 10.9. The van der Waals surface area contributed by atoms with E-state index in [9.17, 15) is 4.79 Å². The molecule has 1 amide bonds. The van der Waals surface area contributed by atoms with Gasteiger partial charge in [-0.1, -0.05) is 5.16 Å². The molecule has 9 nitrogen and oxygen atoms in total. The van der Waals surface area contributed by atoms with Crippen LogP contribution >= 0.6 is 0 Å². The molecular weight excluding hydrogens is 422 g/mol. The van der Waals surface area contributed by atoms with E-state index in [0.29, 0.717) is 31.0 Å². The van der Waals surface area contributed by atoms with Gasteiger partial charge in [-0.05, 0) is 56.2 Å². The Balaban J connectivity index is 1.30. The monoisotopic (exact) mass is 447 g/mol. The van der Waals surface area contributed by atoms with Crippen molar-refractivity contribution in [1.29, 1.82) is 0 Å². The summed E-state index contributed by atoms with van der Waals surface area (Å²) in [6.45, 7) is 3.71. The first-order chi connectivity index (χ1) is 16.1. The molecule has 1 saturated heterocycles. The Morgan fingerprint density at radius 3 is 2.64 bits per heavy atom. The number of anilines is 1. The van der Waals surface area contributed by atoms with Gasteiger partial charge in [0.15, 0.2) is 0 Å². The number of methoxy groups -OCH3 is 1. The maximum Gasteiger partial charge on any atom is 0.263 e. The van der Waals surface area contributed by atoms with E-state index in [1.54, 1.807) is 7.11 Å². The van der Waals surface area contributed by atoms with E-state index >= 15 is 0 Å². The number of hydrogen-bond donors (Lipinski definition) is 1. The average molecular weight is 447 g/mol. The Labute approximate surface area is 190 Å². The molecule has 1 fully saturated rings. The van der Waals surface area contributed by atoms with Crippen LogP contribution in [0.3, 0.4) is 0 Å². The first kappa shape index (κ1) is 21.0. The number of aryl methyl sites for hydroxylation is 1. The van der Waals surface area contributed by atoms with Crippen molar-refractivity contribution in [3.63, 3.8) is 0 Å². The Morgan fingerprint density at radius 2 is 1.94 bits per heavy atom. The van der Waals surface area contributed by atoms with Gasteiger partial charge in [0.25, 0.3) is 5.71 Å². The fourth-order valence-corrected chi connectivity index (χ4v) is 4.21. The Morgan fingerprint density at radius 1 is 1.15 bits per heavy atom. The van der Waals surface area contributed by atoms with Crippen molar-refractivity contribution in [1.82, 2.24) is 20.4 Å². The summed E-state index contributed by atoms with van der Waals surface area (Å²) in [5.41, 5.74) is 2.03. The second-order valence-corrected chi connectivity index (χ2v) is 8.13. The zero-order chi connectivity index (χ0) is 22.8. The second kappa shape index (κ2) is 8.93. The van der Waals surface area contributed by atoms with Crippen LogP contribution in [0, 0.1) is 12.8 Å². The summed E-state index contributed by atoms with van der Waals surface area (Å²) >= 11 is 0. The minimum absolute atomic E-state index is 0.0434. The van der Waals surface area contributed by atoms with Gasteiger partial charge in [-0.15, -0.1) is 0 Å². The molecule has 33 heavy (non-hydrogen) atoms. The fraction of sp³-hybridized carbons (Fsp3) is 0.333. The van der Waals surface area contributed by atoms with E-state index < -0.39 is 0 Å². The lowest BCUT2D eigenvalue weighted by Gasteiger charge is -2.32. The average Bonchev–Trinajstić information content (AvgIpc) is 3.48. The Hall–Kier alpha value is -3.88. The van der Waals surface area contributed by atoms with Crippen molar-refractivity contribution < 1.29 is 18.5 Å². The van der Waals surface area contributed by atoms with Gasteiger partial charge in [-0.3, -0.25) is 4.79 Å². The van der Waals surface area contributed by atoms with Crippen LogP contribution in [0.5, 0.6) is 5.75 Å². The molecule has 4 aromatic rings. The second-order valence-electron chi connectivity index (χ2n) is 8.13. The SMILES string of the molecule is COc1ccc(-c2noc3ncnc(N4CCC(C(=O)NCc5ccc(C)o5)CC4)c23)cc1. The van der Waals surface area contributed by atoms with Crippen molar-refractivity contribution in [3.8, 4) is 17.0 Å². The molecule has 170 valence electrons. The van der Waals surface area contributed by atoms with Crippen molar-refractivity contribution in [2.24, 2.45) is 5.92 Å². The van der Waals surface area contributed by atoms with Gasteiger partial charge >= 0.3 is 0 Å². The molecule has 9 heteroatoms. The van der Waals surface area contributed by atoms with Crippen LogP contribution in [0.15, 0.2) is 51.7 Å². The number of amides is 1. The summed E-state index contributed by atoms with van der Waals surface area (Å²) in [7, 11) is 1.63. The summed E-state index contributed by atoms with van der Waals surface area (Å²) in [5.74, 6) is 3.16. The van der Waals surface area contributed by atoms with E-state index in [0.717, 1.165) is 46.9 Å². The molecule has 0 unspecified atom stereocenters. The quantitative estimate of drug-likeness (QED) is 0.477. The third-order valence-corrected chi connectivity index (χ3v) is 6.01. The van der Waals surface area contributed by atoms with Gasteiger partial charge < -0.3 is 23.9 Å². The molecule has 1 aliphatic rings. The van der Waals surface area contributed by atoms with E-state index in [1.807, 2.05) is 43.3 Å². The highest BCUT2D eigenvalue weighted by atomic mass is 16.5. The number of fused-ring (bicyclic) bond motifs is 1. The van der Waals surface area contributed by atoms with Crippen LogP contribution < -0.4 is 15.0 Å². The largest absolute Gasteiger partial charge is 0.497 e. The number of furan rings is 1. The van der Waals surface area contributed by atoms with E-state index in [1.165, 1.54) is 6.33 Å². The molecule has 1 aliphatic heterocycles. The van der Waals surface area contributed by atoms with Crippen molar-refractivity contribution in [2.75, 3.05) is 25.1 Å². The summed E-state index contributed by atoms with van der Waals surface area (Å²) in [5, 5.41) is 8.02. The zero-order valence-electron chi connectivity index (χ0n) is 18.6. The number of piperidine rings is 1. The first-order valence-corrected chi connectivity index (χ1v) is 10.9. The zero-order valence-corrected chi connectivity index (χ0v) is 18.6. The number of nitrogens with one attached hydrogen (secondary N) is 1. The number of rotatable bonds is 6. The van der Waals surface area contributed by atoms with Crippen molar-refractivity contribution in [2.45, 2.75) is 26.3 Å². The smallest absolute Gasteiger partial charge is 0.263 e. The molecule has 1 aromatic carbocycles. The maximum atomic E-state index is 12.7. The van der Waals surface area contributed by atoms with Crippen LogP contribution in [0.4, 0.5) is 5.82 Å². The molecule has 0 atom stereocenters. The summed E-state index contributed by atoms with van der Waals surface area (Å²) in [4.78, 5) is 23.6. The number of carbonyl (C=O) groups is 1. The molecule has 0 spiro atoms. The molecule has 3 aromatic heterocycles. The number of carbonyl (C=O) groups excluding carboxylic acids is 1. The maximum absolute atomic E-state index is 12.7. The lowest BCUT2D eigenvalue weighted by Crippen LogP contribution is -2.40. The predicted molar refractivity (Wildman–Crippen MR) is 122 cm³/mol. The van der Waals surface area contributed by atoms with E-state index in [4.69, 9.17) is 13.7 Å². The van der Waals surface area contributed by atoms with E-state index in [2.05, 4.69) is 25.3 Å². The summed E-state index contributed by atoms with van der Waals surface area (Å²) in [6, 6.07) is 11.4. The summed E-state index contributed by atoms with van der Waals surface area (Å²) in [6.07, 6.45) is 2.96. The molecule has 0 radical (unpaired) electrons. The molecule has 1 N–H and O–H groups in total. The number of hydrogen-bond acceptors (Lipinski definition) is 8. The van der Waals surface area contributed by atoms with Crippen molar-refractivity contribution >= 4 is 22.8 Å². The number of benzene rings is 1. The van der Waals surface area contributed by atoms with Gasteiger partial charge in [0.05, 0.1) is 13.7 Å². The number of nitrogens with zero attached hydrogens (tertiary/aromatic N) is 4. The number of aromatic nitrogens is 3. The van der Waals surface area contributed by atoms with Crippen LogP contribution in [-0.2, 0) is 11.3 Å². The molecule has 4 heterocycles. The van der Waals surface area contributed by atoms with Crippen LogP contribution in [0.2, 0.25) is 0 Å². The van der Waals surface area contributed by atoms with Crippen molar-refractivity contribution in [3.05, 3.63) is 54.2 Å². The predicted octanol–water partition coefficient (Wildman–Crippen LogP) is 3.73. The summed E-state index contributed by atoms with van der Waals surface area (Å²) < 4.78 is 16.3. The Kier molecular flexibility index (Phi) is 5.68. The molecule has 5 rings (SSSR count). The van der Waals surface area contributed by atoms with Gasteiger partial charge in [0, 0.05) is 24.6 Å². The third kappa shape index (κ3) is 4.26. The highest BCUT2D eigenvalue weighted by molar-refractivity contribution is 5.98. The van der Waals surface area contributed by atoms with Crippen LogP contribution in [0.1, 0.15) is 24.4 Å². The van der Waals surface area contributed by atoms with Gasteiger partial charge in [-0.2, -0.15) is 4.98 Å².